The molecule has 0 aliphatic heterocycles. The van der Waals surface area contributed by atoms with Gasteiger partial charge in [0.25, 0.3) is 0 Å². The van der Waals surface area contributed by atoms with E-state index in [0.29, 0.717) is 12.8 Å². The summed E-state index contributed by atoms with van der Waals surface area (Å²) in [7, 11) is -11.2. The zero-order chi connectivity index (χ0) is 12.6. The van der Waals surface area contributed by atoms with E-state index in [0.717, 1.165) is 12.8 Å². The summed E-state index contributed by atoms with van der Waals surface area (Å²) >= 11 is 0. The molecule has 1 fully saturated rings. The second-order valence-electron chi connectivity index (χ2n) is 4.17. The summed E-state index contributed by atoms with van der Waals surface area (Å²) < 4.78 is 21.8. The number of rotatable bonds is 4. The Labute approximate surface area is 150 Å². The Bertz CT molecular complexity index is 324. The van der Waals surface area contributed by atoms with Gasteiger partial charge in [-0.2, -0.15) is 0 Å². The molecule has 1 aliphatic rings. The molecule has 7 nitrogen and oxygen atoms in total. The summed E-state index contributed by atoms with van der Waals surface area (Å²) in [5, 5.41) is 6.04. The Kier molecular flexibility index (Phi) is 10.1. The van der Waals surface area contributed by atoms with Crippen molar-refractivity contribution in [2.75, 3.05) is 0 Å². The second kappa shape index (κ2) is 8.04. The molecule has 0 radical (unpaired) electrons. The van der Waals surface area contributed by atoms with Gasteiger partial charge >= 0.3 is 66.7 Å². The van der Waals surface area contributed by atoms with Crippen LogP contribution in [-0.2, 0) is 9.13 Å². The maximum atomic E-state index is 11.0. The van der Waals surface area contributed by atoms with Crippen LogP contribution in [-0.4, -0.2) is 20.0 Å². The van der Waals surface area contributed by atoms with Crippen molar-refractivity contribution >= 4 is 15.2 Å². The van der Waals surface area contributed by atoms with Gasteiger partial charge in [0, 0.05) is 0 Å². The molecule has 0 heterocycles. The standard InChI is InChI=1S/C7H16O7P2.2Na/c8-7(15(9,10)11,16(12,13)14)5-6-3-1-2-4-6;;/h6,8H,1-5H2,(H2,9,10,11)(H2,12,13,14);;/q;2*+1/p-2. The van der Waals surface area contributed by atoms with E-state index in [4.69, 9.17) is 9.79 Å². The predicted molar refractivity (Wildman–Crippen MR) is 51.2 cm³/mol. The van der Waals surface area contributed by atoms with Crippen LogP contribution in [0.5, 0.6) is 0 Å². The molecular formula is C7H14Na2O7P2. The molecular weight excluding hydrogens is 304 g/mol. The summed E-state index contributed by atoms with van der Waals surface area (Å²) in [5.74, 6) is -0.325. The number of hydrogen-bond acceptors (Lipinski definition) is 5. The molecule has 0 aromatic heterocycles. The van der Waals surface area contributed by atoms with Crippen molar-refractivity contribution in [1.82, 2.24) is 0 Å². The van der Waals surface area contributed by atoms with Crippen LogP contribution in [0.2, 0.25) is 0 Å². The first-order chi connectivity index (χ1) is 7.08. The first-order valence-electron chi connectivity index (χ1n) is 4.88. The number of hydrogen-bond donors (Lipinski definition) is 3. The van der Waals surface area contributed by atoms with E-state index in [-0.39, 0.29) is 65.0 Å². The van der Waals surface area contributed by atoms with E-state index in [1.54, 1.807) is 0 Å². The van der Waals surface area contributed by atoms with Crippen LogP contribution >= 0.6 is 15.2 Å². The van der Waals surface area contributed by atoms with Crippen molar-refractivity contribution in [3.05, 3.63) is 0 Å². The van der Waals surface area contributed by atoms with Gasteiger partial charge in [0.05, 0.1) is 0 Å². The second-order valence-corrected chi connectivity index (χ2v) is 8.09. The van der Waals surface area contributed by atoms with E-state index in [9.17, 15) is 24.0 Å². The maximum absolute atomic E-state index is 11.0. The summed E-state index contributed by atoms with van der Waals surface area (Å²) in [6.45, 7) is 0. The molecule has 0 spiro atoms. The molecule has 3 N–H and O–H groups in total. The summed E-state index contributed by atoms with van der Waals surface area (Å²) in [5.41, 5.74) is 0. The summed E-state index contributed by atoms with van der Waals surface area (Å²) in [4.78, 5) is 39.3. The number of aliphatic hydroxyl groups is 1. The SMILES string of the molecule is O=P([O-])([O-])C(O)(CC1CCCC1)P(=O)(O)O.[Na+].[Na+]. The van der Waals surface area contributed by atoms with E-state index in [1.165, 1.54) is 0 Å². The van der Waals surface area contributed by atoms with Crippen LogP contribution in [0, 0.1) is 5.92 Å². The quantitative estimate of drug-likeness (QED) is 0.345. The monoisotopic (exact) mass is 318 g/mol. The van der Waals surface area contributed by atoms with E-state index >= 15 is 0 Å². The molecule has 18 heavy (non-hydrogen) atoms. The topological polar surface area (TPSA) is 141 Å². The smallest absolute Gasteiger partial charge is 0.808 e. The molecule has 1 saturated carbocycles. The Morgan fingerprint density at radius 3 is 1.78 bits per heavy atom. The average molecular weight is 318 g/mol. The van der Waals surface area contributed by atoms with Gasteiger partial charge in [-0.15, -0.1) is 0 Å². The molecule has 11 heteroatoms. The van der Waals surface area contributed by atoms with E-state index in [2.05, 4.69) is 0 Å². The molecule has 0 aromatic rings. The van der Waals surface area contributed by atoms with Gasteiger partial charge < -0.3 is 29.2 Å². The molecule has 1 unspecified atom stereocenters. The molecule has 1 rings (SSSR count). The van der Waals surface area contributed by atoms with Gasteiger partial charge in [0.1, 0.15) is 0 Å². The molecule has 96 valence electrons. The van der Waals surface area contributed by atoms with Crippen LogP contribution in [0.3, 0.4) is 0 Å². The van der Waals surface area contributed by atoms with Gasteiger partial charge in [-0.25, -0.2) is 0 Å². The van der Waals surface area contributed by atoms with Crippen LogP contribution in [0.4, 0.5) is 0 Å². The third kappa shape index (κ3) is 5.23. The van der Waals surface area contributed by atoms with Gasteiger partial charge in [-0.3, -0.25) is 4.57 Å². The van der Waals surface area contributed by atoms with Gasteiger partial charge in [0.2, 0.25) is 0 Å². The summed E-state index contributed by atoms with van der Waals surface area (Å²) in [6.07, 6.45) is 2.08. The average Bonchev–Trinajstić information content (AvgIpc) is 2.52. The maximum Gasteiger partial charge on any atom is 1.00 e. The molecule has 0 amide bonds. The normalized spacial score (nSPS) is 20.7. The Hall–Kier alpha value is 2.26. The Morgan fingerprint density at radius 1 is 1.11 bits per heavy atom. The molecule has 1 atom stereocenters. The van der Waals surface area contributed by atoms with Crippen LogP contribution < -0.4 is 68.9 Å². The van der Waals surface area contributed by atoms with Crippen LogP contribution in [0.25, 0.3) is 0 Å². The Balaban J connectivity index is 0. The minimum absolute atomic E-state index is 0. The van der Waals surface area contributed by atoms with Crippen LogP contribution in [0.15, 0.2) is 0 Å². The largest absolute Gasteiger partial charge is 1.00 e. The summed E-state index contributed by atoms with van der Waals surface area (Å²) in [6, 6.07) is 0. The fraction of sp³-hybridized carbons (Fsp3) is 1.00. The van der Waals surface area contributed by atoms with Gasteiger partial charge in [0.15, 0.2) is 5.08 Å². The van der Waals surface area contributed by atoms with Crippen molar-refractivity contribution in [3.8, 4) is 0 Å². The van der Waals surface area contributed by atoms with Crippen molar-refractivity contribution in [2.45, 2.75) is 37.2 Å². The van der Waals surface area contributed by atoms with Gasteiger partial charge in [-0.1, -0.05) is 25.7 Å². The first-order valence-corrected chi connectivity index (χ1v) is 8.03. The third-order valence-electron chi connectivity index (χ3n) is 2.94. The molecule has 0 saturated heterocycles. The van der Waals surface area contributed by atoms with Gasteiger partial charge in [-0.05, 0) is 19.9 Å². The molecule has 0 aromatic carbocycles. The molecule has 0 bridgehead atoms. The van der Waals surface area contributed by atoms with E-state index < -0.39 is 26.7 Å². The van der Waals surface area contributed by atoms with E-state index in [1.807, 2.05) is 0 Å². The van der Waals surface area contributed by atoms with Crippen LogP contribution in [0.1, 0.15) is 32.1 Å². The zero-order valence-corrected chi connectivity index (χ0v) is 16.3. The molecule has 1 aliphatic carbocycles. The van der Waals surface area contributed by atoms with Crippen molar-refractivity contribution < 1.29 is 92.9 Å². The predicted octanol–water partition coefficient (Wildman–Crippen LogP) is -6.69. The fourth-order valence-electron chi connectivity index (χ4n) is 1.99. The van der Waals surface area contributed by atoms with Crippen molar-refractivity contribution in [2.24, 2.45) is 5.92 Å². The minimum atomic E-state index is -5.77. The van der Waals surface area contributed by atoms with Crippen molar-refractivity contribution in [3.63, 3.8) is 0 Å². The zero-order valence-electron chi connectivity index (χ0n) is 10.5. The Morgan fingerprint density at radius 2 is 1.50 bits per heavy atom. The third-order valence-corrected chi connectivity index (χ3v) is 6.63. The van der Waals surface area contributed by atoms with Crippen molar-refractivity contribution in [1.29, 1.82) is 0 Å². The minimum Gasteiger partial charge on any atom is -0.808 e. The first kappa shape index (κ1) is 22.5. The fourth-order valence-corrected chi connectivity index (χ4v) is 4.25.